The Bertz CT molecular complexity index is 264. The maximum atomic E-state index is 11.9. The van der Waals surface area contributed by atoms with E-state index in [1.54, 1.807) is 0 Å². The summed E-state index contributed by atoms with van der Waals surface area (Å²) < 4.78 is 6.12. The van der Waals surface area contributed by atoms with Gasteiger partial charge in [0.25, 0.3) is 14.3 Å². The SMILES string of the molecule is [CH2]CC(=O)O[Si](C(C)(C)C)(C(C)(C)C)C(C)(C)C. The summed E-state index contributed by atoms with van der Waals surface area (Å²) >= 11 is 0. The number of hydrogen-bond acceptors (Lipinski definition) is 2. The van der Waals surface area contributed by atoms with Gasteiger partial charge < -0.3 is 4.43 Å². The van der Waals surface area contributed by atoms with Crippen LogP contribution in [0.15, 0.2) is 0 Å². The van der Waals surface area contributed by atoms with Gasteiger partial charge in [0, 0.05) is 6.42 Å². The molecule has 0 unspecified atom stereocenters. The molecule has 0 aromatic heterocycles. The molecule has 0 heterocycles. The molecule has 0 aromatic carbocycles. The van der Waals surface area contributed by atoms with E-state index in [1.165, 1.54) is 0 Å². The van der Waals surface area contributed by atoms with Gasteiger partial charge in [-0.1, -0.05) is 62.3 Å². The third-order valence-corrected chi connectivity index (χ3v) is 10.5. The average Bonchev–Trinajstić information content (AvgIpc) is 2.07. The lowest BCUT2D eigenvalue weighted by atomic mass is 10.2. The van der Waals surface area contributed by atoms with E-state index < -0.39 is 8.32 Å². The van der Waals surface area contributed by atoms with Crippen molar-refractivity contribution in [3.63, 3.8) is 0 Å². The first-order valence-electron chi connectivity index (χ1n) is 6.72. The Balaban J connectivity index is 6.00. The average molecular weight is 271 g/mol. The van der Waals surface area contributed by atoms with Crippen LogP contribution in [0.1, 0.15) is 68.7 Å². The van der Waals surface area contributed by atoms with Gasteiger partial charge in [0.1, 0.15) is 0 Å². The highest BCUT2D eigenvalue weighted by atomic mass is 28.4. The molecule has 0 amide bonds. The molecule has 0 saturated carbocycles. The standard InChI is InChI=1S/C15H31O2Si/c1-11-12(16)17-18(13(2,3)4,14(5,6)7)15(8,9)10/h1,11H2,2-10H3. The van der Waals surface area contributed by atoms with E-state index in [-0.39, 0.29) is 27.5 Å². The van der Waals surface area contributed by atoms with E-state index >= 15 is 0 Å². The Morgan fingerprint density at radius 1 is 0.889 bits per heavy atom. The van der Waals surface area contributed by atoms with Gasteiger partial charge in [0.05, 0.1) is 0 Å². The summed E-state index contributed by atoms with van der Waals surface area (Å²) in [4.78, 5) is 11.9. The van der Waals surface area contributed by atoms with Crippen LogP contribution in [0.4, 0.5) is 0 Å². The molecule has 0 aliphatic rings. The topological polar surface area (TPSA) is 26.3 Å². The summed E-state index contributed by atoms with van der Waals surface area (Å²) in [6.07, 6.45) is 0.205. The van der Waals surface area contributed by atoms with Gasteiger partial charge in [0.15, 0.2) is 0 Å². The molecule has 3 heteroatoms. The highest BCUT2D eigenvalue weighted by Crippen LogP contribution is 2.62. The minimum absolute atomic E-state index is 0.0195. The summed E-state index contributed by atoms with van der Waals surface area (Å²) in [5, 5.41) is -0.0585. The maximum absolute atomic E-state index is 11.9. The molecule has 0 aromatic rings. The summed E-state index contributed by atoms with van der Waals surface area (Å²) in [7, 11) is -2.37. The first kappa shape index (κ1) is 17.7. The molecule has 0 rings (SSSR count). The lowest BCUT2D eigenvalue weighted by molar-refractivity contribution is -0.135. The van der Waals surface area contributed by atoms with Crippen LogP contribution in [0.25, 0.3) is 0 Å². The van der Waals surface area contributed by atoms with Crippen LogP contribution >= 0.6 is 0 Å². The number of hydrogen-bond donors (Lipinski definition) is 0. The van der Waals surface area contributed by atoms with Crippen LogP contribution in [0, 0.1) is 6.92 Å². The van der Waals surface area contributed by atoms with Crippen molar-refractivity contribution >= 4 is 14.3 Å². The fourth-order valence-corrected chi connectivity index (χ4v) is 12.2. The van der Waals surface area contributed by atoms with Gasteiger partial charge in [-0.25, -0.2) is 0 Å². The number of carbonyl (C=O) groups is 1. The molecule has 0 fully saturated rings. The number of rotatable bonds is 2. The van der Waals surface area contributed by atoms with Crippen molar-refractivity contribution < 1.29 is 9.22 Å². The van der Waals surface area contributed by atoms with E-state index in [9.17, 15) is 4.79 Å². The van der Waals surface area contributed by atoms with Crippen molar-refractivity contribution in [1.82, 2.24) is 0 Å². The maximum Gasteiger partial charge on any atom is 0.292 e. The van der Waals surface area contributed by atoms with Crippen molar-refractivity contribution in [3.05, 3.63) is 6.92 Å². The highest BCUT2D eigenvalue weighted by Gasteiger charge is 2.64. The predicted octanol–water partition coefficient (Wildman–Crippen LogP) is 5.10. The Kier molecular flexibility index (Phi) is 4.90. The zero-order valence-corrected chi connectivity index (χ0v) is 14.7. The minimum Gasteiger partial charge on any atom is -0.517 e. The third-order valence-electron chi connectivity index (χ3n) is 3.64. The molecule has 0 atom stereocenters. The third kappa shape index (κ3) is 2.98. The first-order chi connectivity index (χ1) is 7.70. The molecule has 107 valence electrons. The van der Waals surface area contributed by atoms with Crippen molar-refractivity contribution in [2.24, 2.45) is 0 Å². The summed E-state index contributed by atoms with van der Waals surface area (Å²) in [5.74, 6) is -0.165. The van der Waals surface area contributed by atoms with Gasteiger partial charge in [0.2, 0.25) is 0 Å². The molecule has 0 spiro atoms. The highest BCUT2D eigenvalue weighted by molar-refractivity contribution is 6.83. The van der Waals surface area contributed by atoms with Gasteiger partial charge in [-0.05, 0) is 22.0 Å². The van der Waals surface area contributed by atoms with Crippen molar-refractivity contribution in [2.75, 3.05) is 0 Å². The van der Waals surface area contributed by atoms with Crippen LogP contribution in [0.3, 0.4) is 0 Å². The molecule has 0 aliphatic heterocycles. The summed E-state index contributed by atoms with van der Waals surface area (Å²) in [6, 6.07) is 0. The van der Waals surface area contributed by atoms with Crippen molar-refractivity contribution in [3.8, 4) is 0 Å². The second-order valence-corrected chi connectivity index (χ2v) is 14.2. The van der Waals surface area contributed by atoms with E-state index in [2.05, 4.69) is 69.2 Å². The lowest BCUT2D eigenvalue weighted by Gasteiger charge is -2.56. The Morgan fingerprint density at radius 3 is 1.33 bits per heavy atom. The van der Waals surface area contributed by atoms with Gasteiger partial charge in [-0.3, -0.25) is 4.79 Å². The Hall–Kier alpha value is -0.313. The van der Waals surface area contributed by atoms with Crippen LogP contribution in [0.5, 0.6) is 0 Å². The molecule has 0 bridgehead atoms. The van der Waals surface area contributed by atoms with Crippen LogP contribution in [-0.2, 0) is 9.22 Å². The molecule has 18 heavy (non-hydrogen) atoms. The minimum atomic E-state index is -2.37. The van der Waals surface area contributed by atoms with E-state index in [0.717, 1.165) is 0 Å². The Morgan fingerprint density at radius 2 is 1.17 bits per heavy atom. The molecule has 0 N–H and O–H groups in total. The van der Waals surface area contributed by atoms with Crippen LogP contribution < -0.4 is 0 Å². The van der Waals surface area contributed by atoms with Crippen molar-refractivity contribution in [2.45, 2.75) is 83.8 Å². The summed E-state index contributed by atoms with van der Waals surface area (Å²) in [5.41, 5.74) is 0. The quantitative estimate of drug-likeness (QED) is 0.653. The monoisotopic (exact) mass is 271 g/mol. The van der Waals surface area contributed by atoms with Gasteiger partial charge >= 0.3 is 0 Å². The molecular formula is C15H31O2Si. The molecule has 2 nitrogen and oxygen atoms in total. The smallest absolute Gasteiger partial charge is 0.292 e. The fraction of sp³-hybridized carbons (Fsp3) is 0.867. The van der Waals surface area contributed by atoms with Gasteiger partial charge in [-0.2, -0.15) is 0 Å². The van der Waals surface area contributed by atoms with Gasteiger partial charge in [-0.15, -0.1) is 0 Å². The van der Waals surface area contributed by atoms with Crippen LogP contribution in [0.2, 0.25) is 15.1 Å². The van der Waals surface area contributed by atoms with E-state index in [4.69, 9.17) is 4.43 Å². The van der Waals surface area contributed by atoms with E-state index in [0.29, 0.717) is 0 Å². The second kappa shape index (κ2) is 4.99. The Labute approximate surface area is 115 Å². The number of carbonyl (C=O) groups excluding carboxylic acids is 1. The molecule has 0 saturated heterocycles. The molecular weight excluding hydrogens is 240 g/mol. The predicted molar refractivity (Wildman–Crippen MR) is 81.0 cm³/mol. The normalized spacial score (nSPS) is 14.6. The van der Waals surface area contributed by atoms with Crippen LogP contribution in [-0.4, -0.2) is 14.3 Å². The zero-order chi connectivity index (χ0) is 15.0. The second-order valence-electron chi connectivity index (χ2n) is 8.16. The molecule has 0 aliphatic carbocycles. The lowest BCUT2D eigenvalue weighted by Crippen LogP contribution is -2.61. The fourth-order valence-electron chi connectivity index (χ4n) is 4.06. The van der Waals surface area contributed by atoms with E-state index in [1.807, 2.05) is 0 Å². The van der Waals surface area contributed by atoms with Crippen molar-refractivity contribution in [1.29, 1.82) is 0 Å². The first-order valence-corrected chi connectivity index (χ1v) is 8.62. The largest absolute Gasteiger partial charge is 0.517 e. The molecule has 1 radical (unpaired) electrons. The summed E-state index contributed by atoms with van der Waals surface area (Å²) in [6.45, 7) is 23.5. The zero-order valence-electron chi connectivity index (χ0n) is 13.7.